The van der Waals surface area contributed by atoms with Crippen LogP contribution in [0, 0.1) is 0 Å². The summed E-state index contributed by atoms with van der Waals surface area (Å²) in [5, 5.41) is 0. The van der Waals surface area contributed by atoms with Gasteiger partial charge in [-0.1, -0.05) is 24.3 Å². The molecule has 0 aliphatic carbocycles. The van der Waals surface area contributed by atoms with Gasteiger partial charge in [-0.2, -0.15) is 0 Å². The standard InChI is InChI=1S/C12H15N.ClH/c1-2-5-11-10(4-1)7-9-13-8-3-6-12(11)13;/h1-2,4-5,12H,3,6-9H2;1H. The summed E-state index contributed by atoms with van der Waals surface area (Å²) in [5.74, 6) is 0. The molecular weight excluding hydrogens is 194 g/mol. The number of nitrogens with zero attached hydrogens (tertiary/aromatic N) is 1. The molecule has 3 rings (SSSR count). The highest BCUT2D eigenvalue weighted by atomic mass is 35.5. The van der Waals surface area contributed by atoms with Gasteiger partial charge in [-0.15, -0.1) is 12.4 Å². The molecule has 0 radical (unpaired) electrons. The van der Waals surface area contributed by atoms with E-state index < -0.39 is 0 Å². The average Bonchev–Trinajstić information content (AvgIpc) is 2.65. The average molecular weight is 210 g/mol. The van der Waals surface area contributed by atoms with E-state index in [4.69, 9.17) is 0 Å². The Morgan fingerprint density at radius 2 is 2.00 bits per heavy atom. The highest BCUT2D eigenvalue weighted by Gasteiger charge is 2.30. The largest absolute Gasteiger partial charge is 0.296 e. The van der Waals surface area contributed by atoms with E-state index in [1.54, 1.807) is 11.1 Å². The predicted octanol–water partition coefficient (Wildman–Crippen LogP) is 2.80. The van der Waals surface area contributed by atoms with Gasteiger partial charge in [-0.05, 0) is 36.9 Å². The van der Waals surface area contributed by atoms with Gasteiger partial charge in [0.25, 0.3) is 0 Å². The number of hydrogen-bond donors (Lipinski definition) is 0. The molecule has 0 N–H and O–H groups in total. The maximum atomic E-state index is 2.64. The summed E-state index contributed by atoms with van der Waals surface area (Å²) in [6.45, 7) is 2.60. The van der Waals surface area contributed by atoms with Gasteiger partial charge in [0.15, 0.2) is 0 Å². The fourth-order valence-corrected chi connectivity index (χ4v) is 2.80. The highest BCUT2D eigenvalue weighted by Crippen LogP contribution is 2.36. The van der Waals surface area contributed by atoms with Crippen molar-refractivity contribution in [1.82, 2.24) is 4.90 Å². The Morgan fingerprint density at radius 3 is 2.93 bits per heavy atom. The molecule has 1 unspecified atom stereocenters. The third-order valence-corrected chi connectivity index (χ3v) is 3.45. The fraction of sp³-hybridized carbons (Fsp3) is 0.500. The third-order valence-electron chi connectivity index (χ3n) is 3.45. The van der Waals surface area contributed by atoms with Gasteiger partial charge in [0, 0.05) is 12.6 Å². The first kappa shape index (κ1) is 10.0. The molecular formula is C12H16ClN. The van der Waals surface area contributed by atoms with Crippen LogP contribution in [0.5, 0.6) is 0 Å². The first-order valence-electron chi connectivity index (χ1n) is 5.27. The molecule has 0 spiro atoms. The molecule has 2 heterocycles. The van der Waals surface area contributed by atoms with Crippen LogP contribution in [0.3, 0.4) is 0 Å². The molecule has 76 valence electrons. The molecule has 1 atom stereocenters. The zero-order valence-corrected chi connectivity index (χ0v) is 9.09. The lowest BCUT2D eigenvalue weighted by Crippen LogP contribution is -2.30. The lowest BCUT2D eigenvalue weighted by Gasteiger charge is -2.31. The molecule has 14 heavy (non-hydrogen) atoms. The molecule has 1 fully saturated rings. The Bertz CT molecular complexity index is 324. The lowest BCUT2D eigenvalue weighted by atomic mass is 9.93. The van der Waals surface area contributed by atoms with Crippen molar-refractivity contribution >= 4 is 12.4 Å². The second-order valence-corrected chi connectivity index (χ2v) is 4.14. The van der Waals surface area contributed by atoms with Crippen molar-refractivity contribution in [2.45, 2.75) is 25.3 Å². The Labute approximate surface area is 91.5 Å². The first-order chi connectivity index (χ1) is 6.45. The SMILES string of the molecule is Cl.c1ccc2c(c1)CCN1CCCC21. The summed E-state index contributed by atoms with van der Waals surface area (Å²) in [7, 11) is 0. The summed E-state index contributed by atoms with van der Waals surface area (Å²) in [4.78, 5) is 2.64. The molecule has 2 heteroatoms. The summed E-state index contributed by atoms with van der Waals surface area (Å²) in [5.41, 5.74) is 3.19. The molecule has 0 aromatic heterocycles. The van der Waals surface area contributed by atoms with Crippen molar-refractivity contribution < 1.29 is 0 Å². The highest BCUT2D eigenvalue weighted by molar-refractivity contribution is 5.85. The van der Waals surface area contributed by atoms with Crippen LogP contribution in [-0.4, -0.2) is 18.0 Å². The Kier molecular flexibility index (Phi) is 2.80. The maximum Gasteiger partial charge on any atom is 0.0351 e. The monoisotopic (exact) mass is 209 g/mol. The van der Waals surface area contributed by atoms with Crippen molar-refractivity contribution in [3.8, 4) is 0 Å². The molecule has 1 aromatic carbocycles. The Balaban J connectivity index is 0.000000750. The molecule has 0 amide bonds. The van der Waals surface area contributed by atoms with Gasteiger partial charge in [0.1, 0.15) is 0 Å². The van der Waals surface area contributed by atoms with Gasteiger partial charge in [-0.3, -0.25) is 4.90 Å². The van der Waals surface area contributed by atoms with Crippen molar-refractivity contribution in [3.05, 3.63) is 35.4 Å². The Hall–Kier alpha value is -0.530. The van der Waals surface area contributed by atoms with Gasteiger partial charge in [-0.25, -0.2) is 0 Å². The van der Waals surface area contributed by atoms with E-state index in [1.807, 2.05) is 0 Å². The minimum absolute atomic E-state index is 0. The van der Waals surface area contributed by atoms with E-state index in [-0.39, 0.29) is 12.4 Å². The summed E-state index contributed by atoms with van der Waals surface area (Å²) < 4.78 is 0. The second-order valence-electron chi connectivity index (χ2n) is 4.14. The number of rotatable bonds is 0. The zero-order valence-electron chi connectivity index (χ0n) is 8.28. The van der Waals surface area contributed by atoms with Crippen LogP contribution in [0.4, 0.5) is 0 Å². The Morgan fingerprint density at radius 1 is 1.14 bits per heavy atom. The summed E-state index contributed by atoms with van der Waals surface area (Å²) in [6.07, 6.45) is 4.02. The molecule has 1 nitrogen and oxygen atoms in total. The molecule has 1 aromatic rings. The first-order valence-corrected chi connectivity index (χ1v) is 5.27. The minimum atomic E-state index is 0. The summed E-state index contributed by atoms with van der Waals surface area (Å²) in [6, 6.07) is 9.72. The van der Waals surface area contributed by atoms with Gasteiger partial charge < -0.3 is 0 Å². The topological polar surface area (TPSA) is 3.24 Å². The van der Waals surface area contributed by atoms with E-state index in [0.29, 0.717) is 0 Å². The summed E-state index contributed by atoms with van der Waals surface area (Å²) >= 11 is 0. The number of benzene rings is 1. The van der Waals surface area contributed by atoms with E-state index in [2.05, 4.69) is 29.2 Å². The van der Waals surface area contributed by atoms with E-state index in [9.17, 15) is 0 Å². The van der Waals surface area contributed by atoms with Gasteiger partial charge >= 0.3 is 0 Å². The zero-order chi connectivity index (χ0) is 8.67. The number of fused-ring (bicyclic) bond motifs is 3. The van der Waals surface area contributed by atoms with Crippen LogP contribution in [0.15, 0.2) is 24.3 Å². The van der Waals surface area contributed by atoms with Crippen LogP contribution in [0.2, 0.25) is 0 Å². The van der Waals surface area contributed by atoms with Crippen LogP contribution in [0.25, 0.3) is 0 Å². The quantitative estimate of drug-likeness (QED) is 0.635. The number of hydrogen-bond acceptors (Lipinski definition) is 1. The second kappa shape index (κ2) is 3.92. The predicted molar refractivity (Wildman–Crippen MR) is 60.9 cm³/mol. The molecule has 1 saturated heterocycles. The third kappa shape index (κ3) is 1.45. The van der Waals surface area contributed by atoms with Crippen molar-refractivity contribution in [3.63, 3.8) is 0 Å². The van der Waals surface area contributed by atoms with E-state index in [0.717, 1.165) is 6.04 Å². The van der Waals surface area contributed by atoms with Crippen LogP contribution >= 0.6 is 12.4 Å². The van der Waals surface area contributed by atoms with Crippen LogP contribution in [-0.2, 0) is 6.42 Å². The van der Waals surface area contributed by atoms with E-state index in [1.165, 1.54) is 32.4 Å². The van der Waals surface area contributed by atoms with Gasteiger partial charge in [0.2, 0.25) is 0 Å². The lowest BCUT2D eigenvalue weighted by molar-refractivity contribution is 0.244. The maximum absolute atomic E-state index is 2.64. The fourth-order valence-electron chi connectivity index (χ4n) is 2.80. The molecule has 0 saturated carbocycles. The van der Waals surface area contributed by atoms with Crippen LogP contribution in [0.1, 0.15) is 30.0 Å². The smallest absolute Gasteiger partial charge is 0.0351 e. The van der Waals surface area contributed by atoms with E-state index >= 15 is 0 Å². The molecule has 0 bridgehead atoms. The van der Waals surface area contributed by atoms with Crippen molar-refractivity contribution in [2.24, 2.45) is 0 Å². The van der Waals surface area contributed by atoms with Crippen molar-refractivity contribution in [1.29, 1.82) is 0 Å². The molecule has 2 aliphatic heterocycles. The normalized spacial score (nSPS) is 25.0. The molecule has 2 aliphatic rings. The van der Waals surface area contributed by atoms with Crippen LogP contribution < -0.4 is 0 Å². The number of halogens is 1. The minimum Gasteiger partial charge on any atom is -0.296 e. The van der Waals surface area contributed by atoms with Gasteiger partial charge in [0.05, 0.1) is 0 Å². The van der Waals surface area contributed by atoms with Crippen molar-refractivity contribution in [2.75, 3.05) is 13.1 Å².